The second-order valence-corrected chi connectivity index (χ2v) is 4.27. The molecule has 1 aliphatic heterocycles. The molecular weight excluding hydrogens is 264 g/mol. The number of aliphatic hydroxyl groups excluding tert-OH is 1. The molecule has 1 unspecified atom stereocenters. The Morgan fingerprint density at radius 3 is 2.60 bits per heavy atom. The fraction of sp³-hybridized carbons (Fsp3) is 0.308. The summed E-state index contributed by atoms with van der Waals surface area (Å²) in [6.07, 6.45) is -1.37. The molecule has 1 aliphatic rings. The van der Waals surface area contributed by atoms with Crippen LogP contribution >= 0.6 is 0 Å². The first-order valence-electron chi connectivity index (χ1n) is 5.96. The molecule has 2 rings (SSSR count). The number of piperazine rings is 1. The largest absolute Gasteiger partial charge is 0.467 e. The van der Waals surface area contributed by atoms with Crippen LogP contribution in [-0.4, -0.2) is 43.1 Å². The highest BCUT2D eigenvalue weighted by Crippen LogP contribution is 2.20. The molecule has 0 spiro atoms. The van der Waals surface area contributed by atoms with Gasteiger partial charge in [-0.25, -0.2) is 4.79 Å². The van der Waals surface area contributed by atoms with Crippen LogP contribution in [0.5, 0.6) is 0 Å². The summed E-state index contributed by atoms with van der Waals surface area (Å²) in [6.45, 7) is -0.0803. The number of esters is 1. The van der Waals surface area contributed by atoms with Crippen molar-refractivity contribution in [2.45, 2.75) is 6.10 Å². The molecule has 1 heterocycles. The minimum Gasteiger partial charge on any atom is -0.467 e. The van der Waals surface area contributed by atoms with Gasteiger partial charge in [0.1, 0.15) is 6.54 Å². The van der Waals surface area contributed by atoms with Gasteiger partial charge in [0, 0.05) is 5.69 Å². The number of benzene rings is 1. The number of carbonyl (C=O) groups excluding carboxylic acids is 3. The van der Waals surface area contributed by atoms with Gasteiger partial charge >= 0.3 is 5.97 Å². The highest BCUT2D eigenvalue weighted by molar-refractivity contribution is 6.04. The summed E-state index contributed by atoms with van der Waals surface area (Å²) in [4.78, 5) is 35.5. The monoisotopic (exact) mass is 278 g/mol. The van der Waals surface area contributed by atoms with Gasteiger partial charge in [0.25, 0.3) is 0 Å². The molecule has 106 valence electrons. The van der Waals surface area contributed by atoms with E-state index >= 15 is 0 Å². The van der Waals surface area contributed by atoms with Crippen LogP contribution in [0.4, 0.5) is 5.69 Å². The van der Waals surface area contributed by atoms with E-state index in [4.69, 9.17) is 0 Å². The number of hydrogen-bond acceptors (Lipinski definition) is 5. The van der Waals surface area contributed by atoms with Gasteiger partial charge in [-0.1, -0.05) is 12.1 Å². The number of amides is 2. The molecule has 2 amide bonds. The Morgan fingerprint density at radius 1 is 1.35 bits per heavy atom. The van der Waals surface area contributed by atoms with Crippen molar-refractivity contribution in [3.8, 4) is 0 Å². The smallest absolute Gasteiger partial charge is 0.339 e. The second-order valence-electron chi connectivity index (χ2n) is 4.27. The lowest BCUT2D eigenvalue weighted by Crippen LogP contribution is -2.51. The molecular formula is C13H14N2O5. The van der Waals surface area contributed by atoms with E-state index in [1.165, 1.54) is 24.1 Å². The van der Waals surface area contributed by atoms with Crippen molar-refractivity contribution < 1.29 is 24.2 Å². The lowest BCUT2D eigenvalue weighted by molar-refractivity contribution is -0.150. The third-order valence-electron chi connectivity index (χ3n) is 2.98. The van der Waals surface area contributed by atoms with Gasteiger partial charge in [-0.2, -0.15) is 0 Å². The number of ether oxygens (including phenoxy) is 1. The molecule has 2 N–H and O–H groups in total. The van der Waals surface area contributed by atoms with Crippen molar-refractivity contribution in [1.29, 1.82) is 0 Å². The molecule has 1 aromatic rings. The van der Waals surface area contributed by atoms with Crippen molar-refractivity contribution in [1.82, 2.24) is 5.32 Å². The molecule has 7 nitrogen and oxygen atoms in total. The fourth-order valence-corrected chi connectivity index (χ4v) is 1.88. The Kier molecular flexibility index (Phi) is 3.99. The number of aliphatic hydroxyl groups is 1. The first kappa shape index (κ1) is 14.0. The maximum atomic E-state index is 11.7. The summed E-state index contributed by atoms with van der Waals surface area (Å²) in [6, 6.07) is 6.16. The Bertz CT molecular complexity index is 540. The average molecular weight is 278 g/mol. The summed E-state index contributed by atoms with van der Waals surface area (Å²) >= 11 is 0. The van der Waals surface area contributed by atoms with Gasteiger partial charge in [-0.15, -0.1) is 0 Å². The SMILES string of the molecule is COC(=O)C(O)c1ccc(N2CC(=O)NCC2=O)cc1. The summed E-state index contributed by atoms with van der Waals surface area (Å²) < 4.78 is 4.44. The number of carbonyl (C=O) groups is 3. The van der Waals surface area contributed by atoms with E-state index < -0.39 is 12.1 Å². The lowest BCUT2D eigenvalue weighted by atomic mass is 10.1. The maximum Gasteiger partial charge on any atom is 0.339 e. The molecule has 0 aliphatic carbocycles. The topological polar surface area (TPSA) is 95.9 Å². The third-order valence-corrected chi connectivity index (χ3v) is 2.98. The Hall–Kier alpha value is -2.41. The van der Waals surface area contributed by atoms with Gasteiger partial charge in [0.2, 0.25) is 11.8 Å². The Morgan fingerprint density at radius 2 is 2.00 bits per heavy atom. The lowest BCUT2D eigenvalue weighted by Gasteiger charge is -2.26. The number of methoxy groups -OCH3 is 1. The molecule has 1 saturated heterocycles. The predicted octanol–water partition coefficient (Wildman–Crippen LogP) is -0.644. The number of nitrogens with one attached hydrogen (secondary N) is 1. The van der Waals surface area contributed by atoms with Crippen LogP contribution in [0, 0.1) is 0 Å². The number of hydrogen-bond donors (Lipinski definition) is 2. The zero-order valence-electron chi connectivity index (χ0n) is 10.8. The van der Waals surface area contributed by atoms with Gasteiger partial charge < -0.3 is 20.1 Å². The summed E-state index contributed by atoms with van der Waals surface area (Å²) in [7, 11) is 1.19. The molecule has 7 heteroatoms. The standard InChI is InChI=1S/C13H14N2O5/c1-20-13(19)12(18)8-2-4-9(5-3-8)15-7-10(16)14-6-11(15)17/h2-5,12,18H,6-7H2,1H3,(H,14,16). The number of rotatable bonds is 3. The normalized spacial score (nSPS) is 16.6. The van der Waals surface area contributed by atoms with Crippen LogP contribution in [0.15, 0.2) is 24.3 Å². The van der Waals surface area contributed by atoms with Crippen LogP contribution in [0.1, 0.15) is 11.7 Å². The van der Waals surface area contributed by atoms with Crippen LogP contribution in [-0.2, 0) is 19.1 Å². The van der Waals surface area contributed by atoms with Crippen LogP contribution in [0.2, 0.25) is 0 Å². The first-order valence-corrected chi connectivity index (χ1v) is 5.96. The predicted molar refractivity (Wildman–Crippen MR) is 68.8 cm³/mol. The highest BCUT2D eigenvalue weighted by atomic mass is 16.5. The van der Waals surface area contributed by atoms with E-state index in [2.05, 4.69) is 10.1 Å². The highest BCUT2D eigenvalue weighted by Gasteiger charge is 2.25. The van der Waals surface area contributed by atoms with Crippen molar-refractivity contribution in [2.24, 2.45) is 0 Å². The van der Waals surface area contributed by atoms with Crippen LogP contribution in [0.3, 0.4) is 0 Å². The molecule has 0 radical (unpaired) electrons. The molecule has 20 heavy (non-hydrogen) atoms. The van der Waals surface area contributed by atoms with E-state index in [1.807, 2.05) is 0 Å². The average Bonchev–Trinajstić information content (AvgIpc) is 2.48. The first-order chi connectivity index (χ1) is 9.52. The van der Waals surface area contributed by atoms with Crippen molar-refractivity contribution in [3.63, 3.8) is 0 Å². The Balaban J connectivity index is 2.17. The Labute approximate surface area is 115 Å². The van der Waals surface area contributed by atoms with Gasteiger partial charge in [0.15, 0.2) is 6.10 Å². The quantitative estimate of drug-likeness (QED) is 0.717. The molecule has 1 aromatic carbocycles. The van der Waals surface area contributed by atoms with E-state index in [1.54, 1.807) is 12.1 Å². The van der Waals surface area contributed by atoms with Crippen LogP contribution in [0.25, 0.3) is 0 Å². The van der Waals surface area contributed by atoms with E-state index in [0.717, 1.165) is 0 Å². The minimum absolute atomic E-state index is 0.0363. The van der Waals surface area contributed by atoms with Crippen molar-refractivity contribution >= 4 is 23.5 Å². The molecule has 1 fully saturated rings. The number of anilines is 1. The second kappa shape index (κ2) is 5.70. The molecule has 1 atom stereocenters. The van der Waals surface area contributed by atoms with Gasteiger partial charge in [0.05, 0.1) is 13.7 Å². The molecule has 0 aromatic heterocycles. The third kappa shape index (κ3) is 2.77. The summed E-state index contributed by atoms with van der Waals surface area (Å²) in [5.41, 5.74) is 0.889. The van der Waals surface area contributed by atoms with Crippen molar-refractivity contribution in [3.05, 3.63) is 29.8 Å². The van der Waals surface area contributed by atoms with Crippen LogP contribution < -0.4 is 10.2 Å². The fourth-order valence-electron chi connectivity index (χ4n) is 1.88. The van der Waals surface area contributed by atoms with E-state index in [0.29, 0.717) is 11.3 Å². The summed E-state index contributed by atoms with van der Waals surface area (Å²) in [5, 5.41) is 12.1. The summed E-state index contributed by atoms with van der Waals surface area (Å²) in [5.74, 6) is -1.21. The molecule has 0 saturated carbocycles. The minimum atomic E-state index is -1.37. The van der Waals surface area contributed by atoms with E-state index in [-0.39, 0.29) is 24.9 Å². The molecule has 0 bridgehead atoms. The zero-order valence-corrected chi connectivity index (χ0v) is 10.8. The maximum absolute atomic E-state index is 11.7. The van der Waals surface area contributed by atoms with E-state index in [9.17, 15) is 19.5 Å². The number of nitrogens with zero attached hydrogens (tertiary/aromatic N) is 1. The zero-order chi connectivity index (χ0) is 14.7. The van der Waals surface area contributed by atoms with Crippen molar-refractivity contribution in [2.75, 3.05) is 25.1 Å². The van der Waals surface area contributed by atoms with Gasteiger partial charge in [-0.3, -0.25) is 9.59 Å². The van der Waals surface area contributed by atoms with Gasteiger partial charge in [-0.05, 0) is 17.7 Å².